The van der Waals surface area contributed by atoms with Gasteiger partial charge in [-0.1, -0.05) is 33.6 Å². The van der Waals surface area contributed by atoms with E-state index in [4.69, 9.17) is 0 Å². The first kappa shape index (κ1) is 17.6. The van der Waals surface area contributed by atoms with Crippen molar-refractivity contribution in [1.82, 2.24) is 25.4 Å². The summed E-state index contributed by atoms with van der Waals surface area (Å²) in [6, 6.07) is 0.331. The highest BCUT2D eigenvalue weighted by atomic mass is 16.2. The van der Waals surface area contributed by atoms with Gasteiger partial charge in [0.05, 0.1) is 0 Å². The van der Waals surface area contributed by atoms with Crippen LogP contribution in [0.2, 0.25) is 0 Å². The number of carbonyl (C=O) groups excluding carboxylic acids is 1. The number of carbonyl (C=O) groups is 1. The molecule has 0 radical (unpaired) electrons. The van der Waals surface area contributed by atoms with E-state index in [2.05, 4.69) is 60.3 Å². The molecule has 2 N–H and O–H groups in total. The number of likely N-dealkylation sites (N-methyl/N-ethyl adjacent to an activating group) is 1. The first-order chi connectivity index (χ1) is 10.0. The second kappa shape index (κ2) is 8.77. The molecule has 1 aromatic heterocycles. The van der Waals surface area contributed by atoms with Crippen molar-refractivity contribution in [3.05, 3.63) is 11.6 Å². The van der Waals surface area contributed by atoms with Gasteiger partial charge < -0.3 is 10.2 Å². The zero-order chi connectivity index (χ0) is 15.8. The molecule has 0 aliphatic heterocycles. The van der Waals surface area contributed by atoms with E-state index in [1.54, 1.807) is 0 Å². The van der Waals surface area contributed by atoms with Gasteiger partial charge >= 0.3 is 0 Å². The Kier molecular flexibility index (Phi) is 7.36. The van der Waals surface area contributed by atoms with E-state index in [0.717, 1.165) is 31.5 Å². The molecule has 1 rings (SSSR count). The van der Waals surface area contributed by atoms with Crippen molar-refractivity contribution in [1.29, 1.82) is 0 Å². The van der Waals surface area contributed by atoms with Gasteiger partial charge in [0.1, 0.15) is 5.82 Å². The Bertz CT molecular complexity index is 425. The zero-order valence-corrected chi connectivity index (χ0v) is 13.9. The van der Waals surface area contributed by atoms with Crippen molar-refractivity contribution < 1.29 is 4.79 Å². The number of hydrogen-bond acceptors (Lipinski definition) is 4. The lowest BCUT2D eigenvalue weighted by Crippen LogP contribution is -2.44. The third kappa shape index (κ3) is 5.12. The lowest BCUT2D eigenvalue weighted by Gasteiger charge is -2.31. The Balaban J connectivity index is 2.60. The minimum atomic E-state index is -0.202. The normalized spacial score (nSPS) is 12.9. The summed E-state index contributed by atoms with van der Waals surface area (Å²) in [5.41, 5.74) is 0. The molecule has 1 heterocycles. The van der Waals surface area contributed by atoms with Gasteiger partial charge in [-0.25, -0.2) is 4.98 Å². The molecule has 21 heavy (non-hydrogen) atoms. The first-order valence-electron chi connectivity index (χ1n) is 7.89. The van der Waals surface area contributed by atoms with E-state index in [1.165, 1.54) is 0 Å². The number of nitrogens with zero attached hydrogens (tertiary/aromatic N) is 3. The highest BCUT2D eigenvalue weighted by Crippen LogP contribution is 2.16. The minimum absolute atomic E-state index is 0.202. The Labute approximate surface area is 127 Å². The SMILES string of the molecule is CCCc1nc(C(=O)NCC(C(CC)CC)N(C)C)n[nH]1. The van der Waals surface area contributed by atoms with Crippen LogP contribution in [-0.4, -0.2) is 52.7 Å². The van der Waals surface area contributed by atoms with Crippen LogP contribution in [0.4, 0.5) is 0 Å². The number of aromatic nitrogens is 3. The van der Waals surface area contributed by atoms with Crippen LogP contribution in [0.1, 0.15) is 56.5 Å². The van der Waals surface area contributed by atoms with Crippen molar-refractivity contribution in [3.63, 3.8) is 0 Å². The predicted octanol–water partition coefficient (Wildman–Crippen LogP) is 1.85. The summed E-state index contributed by atoms with van der Waals surface area (Å²) >= 11 is 0. The van der Waals surface area contributed by atoms with E-state index in [0.29, 0.717) is 18.5 Å². The molecular weight excluding hydrogens is 266 g/mol. The fourth-order valence-corrected chi connectivity index (χ4v) is 2.63. The van der Waals surface area contributed by atoms with Gasteiger partial charge in [0.15, 0.2) is 0 Å². The number of nitrogens with one attached hydrogen (secondary N) is 2. The van der Waals surface area contributed by atoms with Crippen LogP contribution < -0.4 is 5.32 Å². The van der Waals surface area contributed by atoms with E-state index >= 15 is 0 Å². The molecule has 0 saturated carbocycles. The molecule has 1 unspecified atom stereocenters. The smallest absolute Gasteiger partial charge is 0.291 e. The van der Waals surface area contributed by atoms with Crippen LogP contribution in [0.15, 0.2) is 0 Å². The lowest BCUT2D eigenvalue weighted by atomic mass is 9.93. The molecule has 6 heteroatoms. The third-order valence-electron chi connectivity index (χ3n) is 3.95. The molecule has 0 bridgehead atoms. The summed E-state index contributed by atoms with van der Waals surface area (Å²) in [7, 11) is 4.11. The van der Waals surface area contributed by atoms with Crippen LogP contribution in [0.5, 0.6) is 0 Å². The molecule has 1 aromatic rings. The number of amides is 1. The Morgan fingerprint density at radius 2 is 1.95 bits per heavy atom. The topological polar surface area (TPSA) is 73.9 Å². The summed E-state index contributed by atoms with van der Waals surface area (Å²) in [4.78, 5) is 18.5. The third-order valence-corrected chi connectivity index (χ3v) is 3.95. The van der Waals surface area contributed by atoms with Gasteiger partial charge in [0, 0.05) is 19.0 Å². The molecule has 6 nitrogen and oxygen atoms in total. The number of H-pyrrole nitrogens is 1. The van der Waals surface area contributed by atoms with Gasteiger partial charge in [-0.05, 0) is 26.4 Å². The predicted molar refractivity (Wildman–Crippen MR) is 84.3 cm³/mol. The molecule has 0 fully saturated rings. The molecule has 0 aromatic carbocycles. The van der Waals surface area contributed by atoms with Gasteiger partial charge in [0.25, 0.3) is 5.91 Å². The maximum absolute atomic E-state index is 12.1. The Morgan fingerprint density at radius 3 is 2.48 bits per heavy atom. The summed E-state index contributed by atoms with van der Waals surface area (Å²) in [5, 5.41) is 9.75. The van der Waals surface area contributed by atoms with Gasteiger partial charge in [-0.2, -0.15) is 0 Å². The minimum Gasteiger partial charge on any atom is -0.348 e. The van der Waals surface area contributed by atoms with Crippen molar-refractivity contribution in [2.75, 3.05) is 20.6 Å². The molecular formula is C15H29N5O. The fraction of sp³-hybridized carbons (Fsp3) is 0.800. The average molecular weight is 295 g/mol. The van der Waals surface area contributed by atoms with Crippen LogP contribution in [0.25, 0.3) is 0 Å². The maximum Gasteiger partial charge on any atom is 0.291 e. The summed E-state index contributed by atoms with van der Waals surface area (Å²) in [6.45, 7) is 7.08. The highest BCUT2D eigenvalue weighted by molar-refractivity contribution is 5.90. The standard InChI is InChI=1S/C15H29N5O/c1-6-9-13-17-14(19-18-13)15(21)16-10-12(20(4)5)11(7-2)8-3/h11-12H,6-10H2,1-5H3,(H,16,21)(H,17,18,19). The number of hydrogen-bond donors (Lipinski definition) is 2. The molecule has 1 amide bonds. The summed E-state index contributed by atoms with van der Waals surface area (Å²) in [6.07, 6.45) is 4.01. The van der Waals surface area contributed by atoms with E-state index in [1.807, 2.05) is 0 Å². The lowest BCUT2D eigenvalue weighted by molar-refractivity contribution is 0.0918. The monoisotopic (exact) mass is 295 g/mol. The van der Waals surface area contributed by atoms with Crippen LogP contribution in [0.3, 0.4) is 0 Å². The zero-order valence-electron chi connectivity index (χ0n) is 13.9. The largest absolute Gasteiger partial charge is 0.348 e. The van der Waals surface area contributed by atoms with Crippen molar-refractivity contribution in [3.8, 4) is 0 Å². The van der Waals surface area contributed by atoms with E-state index < -0.39 is 0 Å². The molecule has 1 atom stereocenters. The highest BCUT2D eigenvalue weighted by Gasteiger charge is 2.22. The molecule has 0 aliphatic rings. The maximum atomic E-state index is 12.1. The quantitative estimate of drug-likeness (QED) is 0.729. The Morgan fingerprint density at radius 1 is 1.29 bits per heavy atom. The van der Waals surface area contributed by atoms with E-state index in [-0.39, 0.29) is 11.7 Å². The fourth-order valence-electron chi connectivity index (χ4n) is 2.63. The first-order valence-corrected chi connectivity index (χ1v) is 7.89. The summed E-state index contributed by atoms with van der Waals surface area (Å²) in [5.74, 6) is 1.38. The van der Waals surface area contributed by atoms with Gasteiger partial charge in [-0.3, -0.25) is 9.89 Å². The number of rotatable bonds is 9. The van der Waals surface area contributed by atoms with Gasteiger partial charge in [0.2, 0.25) is 5.82 Å². The van der Waals surface area contributed by atoms with Gasteiger partial charge in [-0.15, -0.1) is 5.10 Å². The summed E-state index contributed by atoms with van der Waals surface area (Å²) < 4.78 is 0. The second-order valence-electron chi connectivity index (χ2n) is 5.67. The van der Waals surface area contributed by atoms with E-state index in [9.17, 15) is 4.79 Å². The Hall–Kier alpha value is -1.43. The van der Waals surface area contributed by atoms with Crippen LogP contribution in [-0.2, 0) is 6.42 Å². The van der Waals surface area contributed by atoms with Crippen molar-refractivity contribution >= 4 is 5.91 Å². The van der Waals surface area contributed by atoms with Crippen LogP contribution >= 0.6 is 0 Å². The molecule has 0 saturated heterocycles. The second-order valence-corrected chi connectivity index (χ2v) is 5.67. The molecule has 0 aliphatic carbocycles. The van der Waals surface area contributed by atoms with Crippen LogP contribution in [0, 0.1) is 5.92 Å². The number of aromatic amines is 1. The number of aryl methyl sites for hydroxylation is 1. The molecule has 120 valence electrons. The van der Waals surface area contributed by atoms with Crippen molar-refractivity contribution in [2.24, 2.45) is 5.92 Å². The molecule has 0 spiro atoms. The van der Waals surface area contributed by atoms with Crippen molar-refractivity contribution in [2.45, 2.75) is 52.5 Å². The average Bonchev–Trinajstić information content (AvgIpc) is 2.92.